The molecule has 19 heavy (non-hydrogen) atoms. The molecule has 0 aliphatic heterocycles. The van der Waals surface area contributed by atoms with E-state index in [1.165, 1.54) is 0 Å². The molecular weight excluding hydrogens is 260 g/mol. The van der Waals surface area contributed by atoms with E-state index in [0.717, 1.165) is 41.4 Å². The predicted octanol–water partition coefficient (Wildman–Crippen LogP) is 2.27. The van der Waals surface area contributed by atoms with Gasteiger partial charge in [0.25, 0.3) is 5.56 Å². The van der Waals surface area contributed by atoms with Gasteiger partial charge in [0.05, 0.1) is 5.69 Å². The van der Waals surface area contributed by atoms with Crippen molar-refractivity contribution in [3.8, 4) is 0 Å². The van der Waals surface area contributed by atoms with Gasteiger partial charge in [-0.2, -0.15) is 11.8 Å². The number of thioether (sulfide) groups is 1. The van der Waals surface area contributed by atoms with Crippen LogP contribution in [0.25, 0.3) is 5.65 Å². The summed E-state index contributed by atoms with van der Waals surface area (Å²) in [7, 11) is 1.71. The Bertz CT molecular complexity index is 610. The van der Waals surface area contributed by atoms with E-state index >= 15 is 0 Å². The van der Waals surface area contributed by atoms with Gasteiger partial charge < -0.3 is 4.74 Å². The van der Waals surface area contributed by atoms with Crippen LogP contribution >= 0.6 is 11.8 Å². The van der Waals surface area contributed by atoms with Crippen molar-refractivity contribution in [1.82, 2.24) is 9.38 Å². The Hall–Kier alpha value is -1.33. The summed E-state index contributed by atoms with van der Waals surface area (Å²) in [4.78, 5) is 16.5. The molecular formula is C14H18N2O2S. The molecule has 0 aliphatic carbocycles. The highest BCUT2D eigenvalue weighted by Crippen LogP contribution is 2.12. The molecule has 0 radical (unpaired) electrons. The zero-order valence-corrected chi connectivity index (χ0v) is 12.1. The maximum absolute atomic E-state index is 12.0. The second-order valence-electron chi connectivity index (χ2n) is 4.37. The van der Waals surface area contributed by atoms with Gasteiger partial charge in [-0.15, -0.1) is 0 Å². The number of nitrogens with zero attached hydrogens (tertiary/aromatic N) is 2. The molecule has 0 atom stereocenters. The Balaban J connectivity index is 2.12. The fourth-order valence-electron chi connectivity index (χ4n) is 1.86. The molecule has 0 aromatic carbocycles. The summed E-state index contributed by atoms with van der Waals surface area (Å²) < 4.78 is 6.60. The molecule has 2 aromatic rings. The molecule has 5 heteroatoms. The summed E-state index contributed by atoms with van der Waals surface area (Å²) in [5.41, 5.74) is 2.61. The fraction of sp³-hybridized carbons (Fsp3) is 0.429. The number of rotatable bonds is 6. The Labute approximate surface area is 116 Å². The van der Waals surface area contributed by atoms with Gasteiger partial charge in [-0.1, -0.05) is 6.07 Å². The fourth-order valence-corrected chi connectivity index (χ4v) is 2.69. The number of fused-ring (bicyclic) bond motifs is 1. The molecule has 4 nitrogen and oxygen atoms in total. The van der Waals surface area contributed by atoms with E-state index in [1.54, 1.807) is 35.5 Å². The molecule has 0 spiro atoms. The quantitative estimate of drug-likeness (QED) is 0.760. The number of aryl methyl sites for hydroxylation is 1. The maximum Gasteiger partial charge on any atom is 0.258 e. The van der Waals surface area contributed by atoms with Crippen LogP contribution in [0.2, 0.25) is 0 Å². The van der Waals surface area contributed by atoms with Crippen molar-refractivity contribution in [2.75, 3.05) is 19.5 Å². The number of pyridine rings is 1. The molecule has 0 N–H and O–H groups in total. The van der Waals surface area contributed by atoms with Gasteiger partial charge >= 0.3 is 0 Å². The van der Waals surface area contributed by atoms with Crippen molar-refractivity contribution >= 4 is 17.4 Å². The SMILES string of the molecule is COCCCSCc1cc(=O)n2cccc(C)c2n1. The van der Waals surface area contributed by atoms with Gasteiger partial charge in [-0.25, -0.2) is 4.98 Å². The largest absolute Gasteiger partial charge is 0.385 e. The highest BCUT2D eigenvalue weighted by molar-refractivity contribution is 7.98. The summed E-state index contributed by atoms with van der Waals surface area (Å²) in [5, 5.41) is 0. The second-order valence-corrected chi connectivity index (χ2v) is 5.47. The zero-order chi connectivity index (χ0) is 13.7. The number of hydrogen-bond donors (Lipinski definition) is 0. The van der Waals surface area contributed by atoms with Crippen LogP contribution in [0.15, 0.2) is 29.2 Å². The standard InChI is InChI=1S/C14H18N2O2S/c1-11-5-3-6-16-13(17)9-12(15-14(11)16)10-19-8-4-7-18-2/h3,5-6,9H,4,7-8,10H2,1-2H3. The normalized spacial score (nSPS) is 11.1. The lowest BCUT2D eigenvalue weighted by Gasteiger charge is -2.06. The molecule has 0 saturated heterocycles. The van der Waals surface area contributed by atoms with Crippen molar-refractivity contribution in [2.24, 2.45) is 0 Å². The summed E-state index contributed by atoms with van der Waals surface area (Å²) in [6, 6.07) is 5.46. The maximum atomic E-state index is 12.0. The van der Waals surface area contributed by atoms with E-state index in [1.807, 2.05) is 19.1 Å². The molecule has 2 aromatic heterocycles. The van der Waals surface area contributed by atoms with Crippen LogP contribution in [0.4, 0.5) is 0 Å². The van der Waals surface area contributed by atoms with Gasteiger partial charge in [0.1, 0.15) is 5.65 Å². The molecule has 102 valence electrons. The first-order valence-corrected chi connectivity index (χ1v) is 7.42. The zero-order valence-electron chi connectivity index (χ0n) is 11.3. The first-order valence-electron chi connectivity index (χ1n) is 6.27. The number of methoxy groups -OCH3 is 1. The molecule has 0 amide bonds. The first-order chi connectivity index (χ1) is 9.22. The minimum absolute atomic E-state index is 0.0128. The molecule has 0 bridgehead atoms. The topological polar surface area (TPSA) is 43.6 Å². The monoisotopic (exact) mass is 278 g/mol. The van der Waals surface area contributed by atoms with E-state index in [9.17, 15) is 4.79 Å². The smallest absolute Gasteiger partial charge is 0.258 e. The lowest BCUT2D eigenvalue weighted by atomic mass is 10.3. The van der Waals surface area contributed by atoms with Crippen molar-refractivity contribution in [2.45, 2.75) is 19.1 Å². The third kappa shape index (κ3) is 3.58. The van der Waals surface area contributed by atoms with Crippen molar-refractivity contribution < 1.29 is 4.74 Å². The van der Waals surface area contributed by atoms with Gasteiger partial charge in [0.2, 0.25) is 0 Å². The van der Waals surface area contributed by atoms with Crippen LogP contribution in [0, 0.1) is 6.92 Å². The summed E-state index contributed by atoms with van der Waals surface area (Å²) in [5.74, 6) is 1.78. The highest BCUT2D eigenvalue weighted by Gasteiger charge is 2.04. The summed E-state index contributed by atoms with van der Waals surface area (Å²) >= 11 is 1.78. The van der Waals surface area contributed by atoms with Gasteiger partial charge in [0.15, 0.2) is 0 Å². The Morgan fingerprint density at radius 3 is 3.11 bits per heavy atom. The molecule has 0 fully saturated rings. The van der Waals surface area contributed by atoms with Gasteiger partial charge in [-0.05, 0) is 30.7 Å². The van der Waals surface area contributed by atoms with Crippen LogP contribution in [0.3, 0.4) is 0 Å². The average Bonchev–Trinajstić information content (AvgIpc) is 2.40. The van der Waals surface area contributed by atoms with Crippen LogP contribution in [0.1, 0.15) is 17.7 Å². The van der Waals surface area contributed by atoms with E-state index in [0.29, 0.717) is 0 Å². The first kappa shape index (κ1) is 14.1. The number of hydrogen-bond acceptors (Lipinski definition) is 4. The summed E-state index contributed by atoms with van der Waals surface area (Å²) in [6.45, 7) is 2.75. The highest BCUT2D eigenvalue weighted by atomic mass is 32.2. The molecule has 0 unspecified atom stereocenters. The summed E-state index contributed by atoms with van der Waals surface area (Å²) in [6.07, 6.45) is 2.78. The van der Waals surface area contributed by atoms with E-state index in [2.05, 4.69) is 4.98 Å². The van der Waals surface area contributed by atoms with Crippen LogP contribution in [0.5, 0.6) is 0 Å². The van der Waals surface area contributed by atoms with Crippen LogP contribution in [-0.4, -0.2) is 28.9 Å². The third-order valence-corrected chi connectivity index (χ3v) is 3.90. The Morgan fingerprint density at radius 1 is 1.47 bits per heavy atom. The lowest BCUT2D eigenvalue weighted by molar-refractivity contribution is 0.200. The molecule has 0 saturated carbocycles. The van der Waals surface area contributed by atoms with Gasteiger partial charge in [0, 0.05) is 31.7 Å². The second kappa shape index (κ2) is 6.73. The average molecular weight is 278 g/mol. The van der Waals surface area contributed by atoms with Gasteiger partial charge in [-0.3, -0.25) is 9.20 Å². The number of aromatic nitrogens is 2. The molecule has 0 aliphatic rings. The van der Waals surface area contributed by atoms with Crippen LogP contribution in [-0.2, 0) is 10.5 Å². The molecule has 2 heterocycles. The van der Waals surface area contributed by atoms with E-state index in [4.69, 9.17) is 4.74 Å². The minimum atomic E-state index is -0.0128. The Morgan fingerprint density at radius 2 is 2.32 bits per heavy atom. The Kier molecular flexibility index (Phi) is 4.99. The minimum Gasteiger partial charge on any atom is -0.385 e. The number of ether oxygens (including phenoxy) is 1. The predicted molar refractivity (Wildman–Crippen MR) is 78.9 cm³/mol. The van der Waals surface area contributed by atoms with Crippen molar-refractivity contribution in [1.29, 1.82) is 0 Å². The molecule has 2 rings (SSSR count). The van der Waals surface area contributed by atoms with Crippen molar-refractivity contribution in [3.63, 3.8) is 0 Å². The van der Waals surface area contributed by atoms with Crippen molar-refractivity contribution in [3.05, 3.63) is 46.0 Å². The van der Waals surface area contributed by atoms with Crippen LogP contribution < -0.4 is 5.56 Å². The third-order valence-electron chi connectivity index (χ3n) is 2.83. The van der Waals surface area contributed by atoms with E-state index < -0.39 is 0 Å². The van der Waals surface area contributed by atoms with E-state index in [-0.39, 0.29) is 5.56 Å². The lowest BCUT2D eigenvalue weighted by Crippen LogP contribution is -2.15.